The number of anilines is 2. The maximum absolute atomic E-state index is 12.6. The highest BCUT2D eigenvalue weighted by Gasteiger charge is 2.48. The average Bonchev–Trinajstić information content (AvgIpc) is 3.19. The molecule has 2 aliphatic rings. The molecule has 2 aliphatic heterocycles. The van der Waals surface area contributed by atoms with E-state index < -0.39 is 0 Å². The molecule has 1 atom stereocenters. The number of ether oxygens (including phenoxy) is 1. The minimum absolute atomic E-state index is 0.00846. The van der Waals surface area contributed by atoms with Crippen LogP contribution in [0.3, 0.4) is 0 Å². The van der Waals surface area contributed by atoms with Crippen LogP contribution in [-0.2, 0) is 4.79 Å². The zero-order chi connectivity index (χ0) is 16.6. The molecule has 4 rings (SSSR count). The monoisotopic (exact) mass is 324 g/mol. The third-order valence-corrected chi connectivity index (χ3v) is 5.02. The zero-order valence-electron chi connectivity index (χ0n) is 13.7. The van der Waals surface area contributed by atoms with E-state index in [1.165, 1.54) is 0 Å². The topological polar surface area (TPSA) is 58.6 Å². The molecule has 2 saturated heterocycles. The zero-order valence-corrected chi connectivity index (χ0v) is 13.7. The Labute approximate surface area is 141 Å². The van der Waals surface area contributed by atoms with E-state index in [1.54, 1.807) is 25.7 Å². The van der Waals surface area contributed by atoms with Crippen molar-refractivity contribution in [2.75, 3.05) is 36.5 Å². The van der Waals surface area contributed by atoms with Crippen LogP contribution in [0.4, 0.5) is 11.5 Å². The second-order valence-corrected chi connectivity index (χ2v) is 6.59. The van der Waals surface area contributed by atoms with Crippen LogP contribution < -0.4 is 14.5 Å². The van der Waals surface area contributed by atoms with Gasteiger partial charge in [0.15, 0.2) is 0 Å². The molecule has 6 nitrogen and oxygen atoms in total. The maximum atomic E-state index is 12.6. The summed E-state index contributed by atoms with van der Waals surface area (Å²) in [6.07, 6.45) is 6.78. The molecule has 0 N–H and O–H groups in total. The van der Waals surface area contributed by atoms with Crippen molar-refractivity contribution in [3.63, 3.8) is 0 Å². The van der Waals surface area contributed by atoms with Crippen molar-refractivity contribution in [1.29, 1.82) is 0 Å². The Morgan fingerprint density at radius 1 is 1.17 bits per heavy atom. The average molecular weight is 324 g/mol. The van der Waals surface area contributed by atoms with Crippen LogP contribution >= 0.6 is 0 Å². The van der Waals surface area contributed by atoms with E-state index in [-0.39, 0.29) is 11.3 Å². The molecule has 2 fully saturated rings. The second-order valence-electron chi connectivity index (χ2n) is 6.59. The summed E-state index contributed by atoms with van der Waals surface area (Å²) in [4.78, 5) is 25.2. The second kappa shape index (κ2) is 5.78. The summed E-state index contributed by atoms with van der Waals surface area (Å²) in [7, 11) is 1.64. The summed E-state index contributed by atoms with van der Waals surface area (Å²) in [6, 6.07) is 7.69. The highest BCUT2D eigenvalue weighted by Crippen LogP contribution is 2.42. The lowest BCUT2D eigenvalue weighted by Crippen LogP contribution is -2.31. The first-order valence-electron chi connectivity index (χ1n) is 8.15. The van der Waals surface area contributed by atoms with Crippen LogP contribution in [-0.4, -0.2) is 42.6 Å². The predicted octanol–water partition coefficient (Wildman–Crippen LogP) is 2.12. The number of benzene rings is 1. The molecule has 1 aromatic carbocycles. The normalized spacial score (nSPS) is 23.3. The SMILES string of the molecule is COc1ccc(N2C[C@@]3(CCN(c4cnccn4)C3)CC2=O)cc1. The van der Waals surface area contributed by atoms with Crippen molar-refractivity contribution in [2.24, 2.45) is 5.41 Å². The number of hydrogen-bond donors (Lipinski definition) is 0. The minimum atomic E-state index is 0.00846. The molecule has 1 aromatic heterocycles. The Morgan fingerprint density at radius 3 is 2.71 bits per heavy atom. The van der Waals surface area contributed by atoms with Gasteiger partial charge in [-0.2, -0.15) is 0 Å². The summed E-state index contributed by atoms with van der Waals surface area (Å²) in [5, 5.41) is 0. The molecule has 3 heterocycles. The fourth-order valence-electron chi connectivity index (χ4n) is 3.75. The largest absolute Gasteiger partial charge is 0.497 e. The molecule has 0 radical (unpaired) electrons. The van der Waals surface area contributed by atoms with Crippen molar-refractivity contribution in [1.82, 2.24) is 9.97 Å². The quantitative estimate of drug-likeness (QED) is 0.865. The van der Waals surface area contributed by atoms with Crippen molar-refractivity contribution in [2.45, 2.75) is 12.8 Å². The third kappa shape index (κ3) is 2.58. The molecule has 124 valence electrons. The Morgan fingerprint density at radius 2 is 2.00 bits per heavy atom. The van der Waals surface area contributed by atoms with Crippen LogP contribution in [0.5, 0.6) is 5.75 Å². The van der Waals surface area contributed by atoms with Crippen molar-refractivity contribution >= 4 is 17.4 Å². The summed E-state index contributed by atoms with van der Waals surface area (Å²) in [5.74, 6) is 1.89. The van der Waals surface area contributed by atoms with E-state index in [0.717, 1.165) is 43.3 Å². The third-order valence-electron chi connectivity index (χ3n) is 5.02. The van der Waals surface area contributed by atoms with E-state index in [2.05, 4.69) is 14.9 Å². The number of aromatic nitrogens is 2. The van der Waals surface area contributed by atoms with Gasteiger partial charge in [0.2, 0.25) is 5.91 Å². The molecule has 0 unspecified atom stereocenters. The van der Waals surface area contributed by atoms with Gasteiger partial charge >= 0.3 is 0 Å². The van der Waals surface area contributed by atoms with Crippen molar-refractivity contribution in [3.05, 3.63) is 42.9 Å². The smallest absolute Gasteiger partial charge is 0.227 e. The summed E-state index contributed by atoms with van der Waals surface area (Å²) >= 11 is 0. The van der Waals surface area contributed by atoms with Crippen LogP contribution in [0.15, 0.2) is 42.9 Å². The Kier molecular flexibility index (Phi) is 3.59. The number of rotatable bonds is 3. The first-order chi connectivity index (χ1) is 11.7. The molecule has 0 saturated carbocycles. The fourth-order valence-corrected chi connectivity index (χ4v) is 3.75. The van der Waals surface area contributed by atoms with Crippen LogP contribution in [0, 0.1) is 5.41 Å². The molecule has 6 heteroatoms. The van der Waals surface area contributed by atoms with E-state index in [0.29, 0.717) is 6.42 Å². The van der Waals surface area contributed by atoms with E-state index in [1.807, 2.05) is 29.2 Å². The lowest BCUT2D eigenvalue weighted by molar-refractivity contribution is -0.117. The number of carbonyl (C=O) groups excluding carboxylic acids is 1. The number of nitrogens with zero attached hydrogens (tertiary/aromatic N) is 4. The Bertz CT molecular complexity index is 734. The standard InChI is InChI=1S/C18H20N4O2/c1-24-15-4-2-14(3-5-15)22-13-18(10-17(22)23)6-9-21(12-18)16-11-19-7-8-20-16/h2-5,7-8,11H,6,9-10,12-13H2,1H3/t18-/m0/s1. The highest BCUT2D eigenvalue weighted by atomic mass is 16.5. The lowest BCUT2D eigenvalue weighted by Gasteiger charge is -2.24. The maximum Gasteiger partial charge on any atom is 0.227 e. The molecule has 1 amide bonds. The molecule has 0 aliphatic carbocycles. The highest BCUT2D eigenvalue weighted by molar-refractivity contribution is 5.96. The number of amides is 1. The molecule has 1 spiro atoms. The molecular weight excluding hydrogens is 304 g/mol. The molecule has 2 aromatic rings. The van der Waals surface area contributed by atoms with Gasteiger partial charge in [-0.15, -0.1) is 0 Å². The van der Waals surface area contributed by atoms with Gasteiger partial charge in [0.1, 0.15) is 11.6 Å². The van der Waals surface area contributed by atoms with E-state index >= 15 is 0 Å². The lowest BCUT2D eigenvalue weighted by atomic mass is 9.86. The van der Waals surface area contributed by atoms with Gasteiger partial charge in [0.25, 0.3) is 0 Å². The van der Waals surface area contributed by atoms with Crippen LogP contribution in [0.2, 0.25) is 0 Å². The van der Waals surface area contributed by atoms with Gasteiger partial charge in [-0.25, -0.2) is 4.98 Å². The van der Waals surface area contributed by atoms with Gasteiger partial charge in [0.05, 0.1) is 13.3 Å². The van der Waals surface area contributed by atoms with Crippen molar-refractivity contribution in [3.8, 4) is 5.75 Å². The summed E-state index contributed by atoms with van der Waals surface area (Å²) in [5.41, 5.74) is 0.949. The van der Waals surface area contributed by atoms with Gasteiger partial charge in [-0.1, -0.05) is 0 Å². The number of methoxy groups -OCH3 is 1. The van der Waals surface area contributed by atoms with Crippen molar-refractivity contribution < 1.29 is 9.53 Å². The minimum Gasteiger partial charge on any atom is -0.497 e. The fraction of sp³-hybridized carbons (Fsp3) is 0.389. The first kappa shape index (κ1) is 14.9. The molecular formula is C18H20N4O2. The summed E-state index contributed by atoms with van der Waals surface area (Å²) < 4.78 is 5.19. The van der Waals surface area contributed by atoms with Gasteiger partial charge in [-0.3, -0.25) is 9.78 Å². The van der Waals surface area contributed by atoms with Crippen LogP contribution in [0.25, 0.3) is 0 Å². The number of hydrogen-bond acceptors (Lipinski definition) is 5. The Balaban J connectivity index is 1.51. The predicted molar refractivity (Wildman–Crippen MR) is 91.3 cm³/mol. The molecule has 0 bridgehead atoms. The van der Waals surface area contributed by atoms with Gasteiger partial charge in [0, 0.05) is 49.6 Å². The van der Waals surface area contributed by atoms with Gasteiger partial charge < -0.3 is 14.5 Å². The van der Waals surface area contributed by atoms with E-state index in [9.17, 15) is 4.79 Å². The first-order valence-corrected chi connectivity index (χ1v) is 8.15. The van der Waals surface area contributed by atoms with Crippen LogP contribution in [0.1, 0.15) is 12.8 Å². The van der Waals surface area contributed by atoms with E-state index in [4.69, 9.17) is 4.74 Å². The summed E-state index contributed by atoms with van der Waals surface area (Å²) in [6.45, 7) is 2.53. The number of carbonyl (C=O) groups is 1. The molecule has 24 heavy (non-hydrogen) atoms. The van der Waals surface area contributed by atoms with Gasteiger partial charge in [-0.05, 0) is 30.7 Å². The Hall–Kier alpha value is -2.63.